The van der Waals surface area contributed by atoms with Crippen LogP contribution in [0.4, 0.5) is 17.6 Å². The summed E-state index contributed by atoms with van der Waals surface area (Å²) in [5.74, 6) is -0.318. The molecule has 0 aromatic heterocycles. The summed E-state index contributed by atoms with van der Waals surface area (Å²) < 4.78 is 51.1. The Bertz CT molecular complexity index is 619. The maximum Gasteiger partial charge on any atom is 0.416 e. The van der Waals surface area contributed by atoms with Crippen molar-refractivity contribution in [3.63, 3.8) is 0 Å². The first kappa shape index (κ1) is 16.5. The molecule has 0 radical (unpaired) electrons. The van der Waals surface area contributed by atoms with Crippen LogP contribution in [0.15, 0.2) is 48.5 Å². The molecule has 0 amide bonds. The molecular formula is C17H17F4N. The molecule has 2 rings (SSSR count). The molecule has 1 N–H and O–H groups in total. The largest absolute Gasteiger partial charge is 0.416 e. The van der Waals surface area contributed by atoms with E-state index >= 15 is 0 Å². The number of alkyl halides is 3. The Labute approximate surface area is 127 Å². The molecule has 5 heteroatoms. The zero-order chi connectivity index (χ0) is 16.3. The molecule has 118 valence electrons. The lowest BCUT2D eigenvalue weighted by molar-refractivity contribution is -0.137. The Morgan fingerprint density at radius 2 is 1.45 bits per heavy atom. The van der Waals surface area contributed by atoms with Crippen molar-refractivity contribution >= 4 is 0 Å². The van der Waals surface area contributed by atoms with Crippen molar-refractivity contribution in [2.75, 3.05) is 0 Å². The molecule has 2 unspecified atom stereocenters. The van der Waals surface area contributed by atoms with Gasteiger partial charge in [-0.25, -0.2) is 4.39 Å². The first-order valence-corrected chi connectivity index (χ1v) is 6.96. The summed E-state index contributed by atoms with van der Waals surface area (Å²) in [5, 5.41) is 3.22. The smallest absolute Gasteiger partial charge is 0.304 e. The van der Waals surface area contributed by atoms with E-state index in [-0.39, 0.29) is 17.9 Å². The summed E-state index contributed by atoms with van der Waals surface area (Å²) in [7, 11) is 0. The summed E-state index contributed by atoms with van der Waals surface area (Å²) in [6.45, 7) is 3.69. The average Bonchev–Trinajstić information content (AvgIpc) is 2.47. The van der Waals surface area contributed by atoms with Crippen LogP contribution in [-0.2, 0) is 6.18 Å². The molecule has 0 saturated carbocycles. The summed E-state index contributed by atoms with van der Waals surface area (Å²) >= 11 is 0. The highest BCUT2D eigenvalue weighted by Gasteiger charge is 2.30. The average molecular weight is 311 g/mol. The Morgan fingerprint density at radius 1 is 0.864 bits per heavy atom. The lowest BCUT2D eigenvalue weighted by Crippen LogP contribution is -2.22. The van der Waals surface area contributed by atoms with Gasteiger partial charge in [-0.2, -0.15) is 13.2 Å². The zero-order valence-electron chi connectivity index (χ0n) is 12.3. The number of hydrogen-bond donors (Lipinski definition) is 1. The highest BCUT2D eigenvalue weighted by Crippen LogP contribution is 2.31. The molecule has 0 spiro atoms. The topological polar surface area (TPSA) is 12.0 Å². The molecule has 22 heavy (non-hydrogen) atoms. The van der Waals surface area contributed by atoms with Gasteiger partial charge in [0.1, 0.15) is 5.82 Å². The van der Waals surface area contributed by atoms with E-state index in [9.17, 15) is 17.6 Å². The van der Waals surface area contributed by atoms with Crippen LogP contribution in [0.25, 0.3) is 0 Å². The summed E-state index contributed by atoms with van der Waals surface area (Å²) in [5.41, 5.74) is 0.775. The van der Waals surface area contributed by atoms with Gasteiger partial charge in [0, 0.05) is 12.1 Å². The SMILES string of the molecule is CC(NC(C)c1cccc(C(F)(F)F)c1)c1ccc(F)cc1. The standard InChI is InChI=1S/C17H17F4N/c1-11(13-6-8-16(18)9-7-13)22-12(2)14-4-3-5-15(10-14)17(19,20)21/h3-12,22H,1-2H3. The lowest BCUT2D eigenvalue weighted by Gasteiger charge is -2.21. The van der Waals surface area contributed by atoms with E-state index in [1.807, 2.05) is 6.92 Å². The van der Waals surface area contributed by atoms with Gasteiger partial charge in [0.15, 0.2) is 0 Å². The third kappa shape index (κ3) is 4.07. The van der Waals surface area contributed by atoms with E-state index in [1.54, 1.807) is 25.1 Å². The number of benzene rings is 2. The van der Waals surface area contributed by atoms with Crippen LogP contribution < -0.4 is 5.32 Å². The molecule has 0 aliphatic carbocycles. The Balaban J connectivity index is 2.11. The normalized spacial score (nSPS) is 14.6. The first-order chi connectivity index (χ1) is 10.3. The molecule has 0 saturated heterocycles. The van der Waals surface area contributed by atoms with Crippen molar-refractivity contribution in [3.8, 4) is 0 Å². The molecule has 0 aliphatic heterocycles. The highest BCUT2D eigenvalue weighted by atomic mass is 19.4. The van der Waals surface area contributed by atoms with Gasteiger partial charge in [-0.05, 0) is 49.2 Å². The van der Waals surface area contributed by atoms with Crippen LogP contribution in [0.3, 0.4) is 0 Å². The third-order valence-corrected chi connectivity index (χ3v) is 3.58. The van der Waals surface area contributed by atoms with Crippen LogP contribution in [0.1, 0.15) is 42.6 Å². The summed E-state index contributed by atoms with van der Waals surface area (Å²) in [4.78, 5) is 0. The minimum absolute atomic E-state index is 0.106. The fraction of sp³-hybridized carbons (Fsp3) is 0.294. The third-order valence-electron chi connectivity index (χ3n) is 3.58. The number of rotatable bonds is 4. The van der Waals surface area contributed by atoms with Gasteiger partial charge in [-0.15, -0.1) is 0 Å². The van der Waals surface area contributed by atoms with Gasteiger partial charge < -0.3 is 5.32 Å². The van der Waals surface area contributed by atoms with Crippen LogP contribution >= 0.6 is 0 Å². The molecule has 0 bridgehead atoms. The molecule has 0 fully saturated rings. The van der Waals surface area contributed by atoms with E-state index in [1.165, 1.54) is 18.2 Å². The Morgan fingerprint density at radius 3 is 2.05 bits per heavy atom. The van der Waals surface area contributed by atoms with Gasteiger partial charge in [0.25, 0.3) is 0 Å². The molecule has 0 aliphatic rings. The van der Waals surface area contributed by atoms with E-state index < -0.39 is 11.7 Å². The maximum absolute atomic E-state index is 12.9. The highest BCUT2D eigenvalue weighted by molar-refractivity contribution is 5.28. The quantitative estimate of drug-likeness (QED) is 0.760. The molecule has 2 aromatic carbocycles. The van der Waals surface area contributed by atoms with Gasteiger partial charge in [0.2, 0.25) is 0 Å². The van der Waals surface area contributed by atoms with Crippen LogP contribution in [0.5, 0.6) is 0 Å². The fourth-order valence-corrected chi connectivity index (χ4v) is 2.30. The molecule has 1 nitrogen and oxygen atoms in total. The van der Waals surface area contributed by atoms with Crippen molar-refractivity contribution in [1.29, 1.82) is 0 Å². The van der Waals surface area contributed by atoms with Gasteiger partial charge in [-0.1, -0.05) is 24.3 Å². The number of nitrogens with one attached hydrogen (secondary N) is 1. The fourth-order valence-electron chi connectivity index (χ4n) is 2.30. The van der Waals surface area contributed by atoms with E-state index in [0.29, 0.717) is 5.56 Å². The predicted molar refractivity (Wildman–Crippen MR) is 77.8 cm³/mol. The Hall–Kier alpha value is -1.88. The van der Waals surface area contributed by atoms with E-state index in [0.717, 1.165) is 17.7 Å². The van der Waals surface area contributed by atoms with E-state index in [2.05, 4.69) is 5.32 Å². The van der Waals surface area contributed by atoms with Gasteiger partial charge in [-0.3, -0.25) is 0 Å². The Kier molecular flexibility index (Phi) is 4.86. The second-order valence-electron chi connectivity index (χ2n) is 5.28. The first-order valence-electron chi connectivity index (χ1n) is 6.96. The minimum Gasteiger partial charge on any atom is -0.304 e. The lowest BCUT2D eigenvalue weighted by atomic mass is 10.0. The molecule has 2 aromatic rings. The van der Waals surface area contributed by atoms with Gasteiger partial charge >= 0.3 is 6.18 Å². The monoisotopic (exact) mass is 311 g/mol. The molecular weight excluding hydrogens is 294 g/mol. The predicted octanol–water partition coefficient (Wildman–Crippen LogP) is 5.26. The summed E-state index contributed by atoms with van der Waals surface area (Å²) in [6, 6.07) is 10.9. The number of hydrogen-bond acceptors (Lipinski definition) is 1. The number of halogens is 4. The molecule has 2 atom stereocenters. The van der Waals surface area contributed by atoms with Crippen molar-refractivity contribution in [1.82, 2.24) is 5.32 Å². The minimum atomic E-state index is -4.35. The second-order valence-corrected chi connectivity index (χ2v) is 5.28. The van der Waals surface area contributed by atoms with Crippen molar-refractivity contribution < 1.29 is 17.6 Å². The second kappa shape index (κ2) is 6.48. The molecule has 0 heterocycles. The zero-order valence-corrected chi connectivity index (χ0v) is 12.3. The van der Waals surface area contributed by atoms with Gasteiger partial charge in [0.05, 0.1) is 5.56 Å². The van der Waals surface area contributed by atoms with Crippen LogP contribution in [0, 0.1) is 5.82 Å². The summed E-state index contributed by atoms with van der Waals surface area (Å²) in [6.07, 6.45) is -4.35. The van der Waals surface area contributed by atoms with Crippen molar-refractivity contribution in [3.05, 3.63) is 71.0 Å². The van der Waals surface area contributed by atoms with E-state index in [4.69, 9.17) is 0 Å². The van der Waals surface area contributed by atoms with Crippen LogP contribution in [-0.4, -0.2) is 0 Å². The van der Waals surface area contributed by atoms with Crippen molar-refractivity contribution in [2.45, 2.75) is 32.1 Å². The van der Waals surface area contributed by atoms with Crippen molar-refractivity contribution in [2.24, 2.45) is 0 Å². The van der Waals surface area contributed by atoms with Crippen LogP contribution in [0.2, 0.25) is 0 Å². The maximum atomic E-state index is 12.9.